The van der Waals surface area contributed by atoms with Crippen molar-refractivity contribution in [2.24, 2.45) is 13.0 Å². The second-order valence-electron chi connectivity index (χ2n) is 7.36. The minimum absolute atomic E-state index is 0.0885. The number of nitrogens with zero attached hydrogens (tertiary/aromatic N) is 6. The van der Waals surface area contributed by atoms with E-state index in [0.717, 1.165) is 55.5 Å². The van der Waals surface area contributed by atoms with Crippen LogP contribution in [0, 0.1) is 26.7 Å². The van der Waals surface area contributed by atoms with Crippen molar-refractivity contribution >= 4 is 11.9 Å². The maximum absolute atomic E-state index is 12.9. The molecular weight excluding hydrogens is 328 g/mol. The van der Waals surface area contributed by atoms with E-state index in [9.17, 15) is 4.79 Å². The molecule has 1 amide bonds. The van der Waals surface area contributed by atoms with Gasteiger partial charge in [-0.1, -0.05) is 0 Å². The van der Waals surface area contributed by atoms with Crippen molar-refractivity contribution in [2.75, 3.05) is 31.6 Å². The minimum atomic E-state index is 0.0885. The van der Waals surface area contributed by atoms with E-state index in [1.165, 1.54) is 0 Å². The summed E-state index contributed by atoms with van der Waals surface area (Å²) in [5, 5.41) is 4.20. The zero-order chi connectivity index (χ0) is 18.8. The second-order valence-corrected chi connectivity index (χ2v) is 7.36. The lowest BCUT2D eigenvalue weighted by Gasteiger charge is -2.34. The van der Waals surface area contributed by atoms with Gasteiger partial charge in [0.1, 0.15) is 0 Å². The monoisotopic (exact) mass is 356 g/mol. The van der Waals surface area contributed by atoms with Gasteiger partial charge in [0.05, 0.1) is 11.8 Å². The predicted octanol–water partition coefficient (Wildman–Crippen LogP) is 2.12. The Kier molecular flexibility index (Phi) is 5.25. The lowest BCUT2D eigenvalue weighted by molar-refractivity contribution is 0.0676. The number of hydrogen-bond donors (Lipinski definition) is 0. The van der Waals surface area contributed by atoms with Crippen molar-refractivity contribution in [2.45, 2.75) is 33.6 Å². The van der Waals surface area contributed by atoms with Gasteiger partial charge >= 0.3 is 0 Å². The summed E-state index contributed by atoms with van der Waals surface area (Å²) in [5.74, 6) is 1.26. The standard InChI is InChI=1S/C19H28N6O/c1-13-9-14(2)22-19(21-13)23(4)11-16-7-6-8-25(12-16)18(26)17-10-20-24(5)15(17)3/h9-10,16H,6-8,11-12H2,1-5H3. The third kappa shape index (κ3) is 3.86. The highest BCUT2D eigenvalue weighted by Crippen LogP contribution is 2.21. The van der Waals surface area contributed by atoms with Crippen LogP contribution in [0.4, 0.5) is 5.95 Å². The summed E-state index contributed by atoms with van der Waals surface area (Å²) >= 11 is 0. The summed E-state index contributed by atoms with van der Waals surface area (Å²) in [7, 11) is 3.89. The fraction of sp³-hybridized carbons (Fsp3) is 0.579. The molecule has 1 saturated heterocycles. The quantitative estimate of drug-likeness (QED) is 0.839. The van der Waals surface area contributed by atoms with Crippen LogP contribution in [0.25, 0.3) is 0 Å². The van der Waals surface area contributed by atoms with E-state index in [4.69, 9.17) is 0 Å². The van der Waals surface area contributed by atoms with E-state index < -0.39 is 0 Å². The molecule has 0 saturated carbocycles. The molecule has 1 fully saturated rings. The van der Waals surface area contributed by atoms with E-state index in [1.54, 1.807) is 10.9 Å². The van der Waals surface area contributed by atoms with E-state index in [1.807, 2.05) is 45.8 Å². The maximum Gasteiger partial charge on any atom is 0.257 e. The van der Waals surface area contributed by atoms with Gasteiger partial charge in [-0.3, -0.25) is 9.48 Å². The highest BCUT2D eigenvalue weighted by atomic mass is 16.2. The van der Waals surface area contributed by atoms with Crippen LogP contribution in [0.15, 0.2) is 12.3 Å². The molecule has 26 heavy (non-hydrogen) atoms. The minimum Gasteiger partial charge on any atom is -0.344 e. The number of aromatic nitrogens is 4. The van der Waals surface area contributed by atoms with Gasteiger partial charge in [0, 0.05) is 50.8 Å². The molecule has 0 aliphatic carbocycles. The Morgan fingerprint density at radius 1 is 1.27 bits per heavy atom. The molecule has 0 bridgehead atoms. The molecule has 2 aromatic heterocycles. The molecule has 1 aliphatic heterocycles. The van der Waals surface area contributed by atoms with Gasteiger partial charge in [-0.15, -0.1) is 0 Å². The molecule has 0 spiro atoms. The van der Waals surface area contributed by atoms with Crippen LogP contribution in [-0.4, -0.2) is 57.2 Å². The Hall–Kier alpha value is -2.44. The molecule has 3 heterocycles. The summed E-state index contributed by atoms with van der Waals surface area (Å²) in [6, 6.07) is 1.98. The van der Waals surface area contributed by atoms with Gasteiger partial charge < -0.3 is 9.80 Å². The molecule has 0 aromatic carbocycles. The van der Waals surface area contributed by atoms with E-state index in [2.05, 4.69) is 20.0 Å². The first-order chi connectivity index (χ1) is 12.3. The van der Waals surface area contributed by atoms with Gasteiger partial charge in [-0.2, -0.15) is 5.10 Å². The van der Waals surface area contributed by atoms with Crippen LogP contribution in [0.1, 0.15) is 40.3 Å². The van der Waals surface area contributed by atoms with Crippen LogP contribution in [-0.2, 0) is 7.05 Å². The van der Waals surface area contributed by atoms with Gasteiger partial charge in [0.2, 0.25) is 5.95 Å². The number of hydrogen-bond acceptors (Lipinski definition) is 5. The van der Waals surface area contributed by atoms with Gasteiger partial charge in [0.15, 0.2) is 0 Å². The Balaban J connectivity index is 1.66. The molecule has 0 N–H and O–H groups in total. The first-order valence-electron chi connectivity index (χ1n) is 9.16. The Labute approximate surface area is 155 Å². The molecule has 140 valence electrons. The topological polar surface area (TPSA) is 67.2 Å². The Bertz CT molecular complexity index is 779. The molecular formula is C19H28N6O. The average Bonchev–Trinajstić information content (AvgIpc) is 2.93. The van der Waals surface area contributed by atoms with Crippen LogP contribution >= 0.6 is 0 Å². The maximum atomic E-state index is 12.9. The van der Waals surface area contributed by atoms with E-state index in [-0.39, 0.29) is 5.91 Å². The molecule has 7 heteroatoms. The number of carbonyl (C=O) groups is 1. The van der Waals surface area contributed by atoms with Gasteiger partial charge in [0.25, 0.3) is 5.91 Å². The lowest BCUT2D eigenvalue weighted by atomic mass is 9.97. The molecule has 3 rings (SSSR count). The van der Waals surface area contributed by atoms with E-state index in [0.29, 0.717) is 11.5 Å². The first kappa shape index (κ1) is 18.4. The summed E-state index contributed by atoms with van der Waals surface area (Å²) in [5.41, 5.74) is 3.58. The number of likely N-dealkylation sites (tertiary alicyclic amines) is 1. The Morgan fingerprint density at radius 2 is 1.96 bits per heavy atom. The largest absolute Gasteiger partial charge is 0.344 e. The third-order valence-electron chi connectivity index (χ3n) is 5.12. The number of rotatable bonds is 4. The van der Waals surface area contributed by atoms with Crippen LogP contribution in [0.5, 0.6) is 0 Å². The van der Waals surface area contributed by atoms with Crippen molar-refractivity contribution in [3.8, 4) is 0 Å². The lowest BCUT2D eigenvalue weighted by Crippen LogP contribution is -2.43. The van der Waals surface area contributed by atoms with E-state index >= 15 is 0 Å². The molecule has 1 atom stereocenters. The van der Waals surface area contributed by atoms with Crippen LogP contribution < -0.4 is 4.90 Å². The predicted molar refractivity (Wildman–Crippen MR) is 101 cm³/mol. The van der Waals surface area contributed by atoms with Crippen LogP contribution in [0.2, 0.25) is 0 Å². The van der Waals surface area contributed by atoms with Crippen LogP contribution in [0.3, 0.4) is 0 Å². The molecule has 1 aliphatic rings. The zero-order valence-corrected chi connectivity index (χ0v) is 16.4. The number of anilines is 1. The van der Waals surface area contributed by atoms with Gasteiger partial charge in [-0.25, -0.2) is 9.97 Å². The fourth-order valence-electron chi connectivity index (χ4n) is 3.62. The van der Waals surface area contributed by atoms with Crippen molar-refractivity contribution in [3.05, 3.63) is 34.9 Å². The number of aryl methyl sites for hydroxylation is 3. The van der Waals surface area contributed by atoms with Crippen molar-refractivity contribution in [1.82, 2.24) is 24.6 Å². The van der Waals surface area contributed by atoms with Crippen molar-refractivity contribution < 1.29 is 4.79 Å². The highest BCUT2D eigenvalue weighted by Gasteiger charge is 2.27. The average molecular weight is 356 g/mol. The fourth-order valence-corrected chi connectivity index (χ4v) is 3.62. The second kappa shape index (κ2) is 7.43. The number of carbonyl (C=O) groups excluding carboxylic acids is 1. The zero-order valence-electron chi connectivity index (χ0n) is 16.4. The highest BCUT2D eigenvalue weighted by molar-refractivity contribution is 5.95. The first-order valence-corrected chi connectivity index (χ1v) is 9.16. The Morgan fingerprint density at radius 3 is 2.58 bits per heavy atom. The van der Waals surface area contributed by atoms with Crippen molar-refractivity contribution in [3.63, 3.8) is 0 Å². The number of amides is 1. The smallest absolute Gasteiger partial charge is 0.257 e. The van der Waals surface area contributed by atoms with Crippen molar-refractivity contribution in [1.29, 1.82) is 0 Å². The molecule has 7 nitrogen and oxygen atoms in total. The SMILES string of the molecule is Cc1cc(C)nc(N(C)CC2CCCN(C(=O)c3cnn(C)c3C)C2)n1. The third-order valence-corrected chi connectivity index (χ3v) is 5.12. The summed E-state index contributed by atoms with van der Waals surface area (Å²) < 4.78 is 1.75. The summed E-state index contributed by atoms with van der Waals surface area (Å²) in [6.07, 6.45) is 3.82. The molecule has 2 aromatic rings. The number of piperidine rings is 1. The summed E-state index contributed by atoms with van der Waals surface area (Å²) in [4.78, 5) is 26.0. The summed E-state index contributed by atoms with van der Waals surface area (Å²) in [6.45, 7) is 8.34. The molecule has 1 unspecified atom stereocenters. The van der Waals surface area contributed by atoms with Gasteiger partial charge in [-0.05, 0) is 45.6 Å². The molecule has 0 radical (unpaired) electrons. The normalized spacial score (nSPS) is 17.4.